The minimum absolute atomic E-state index is 0.0208. The molecule has 0 aromatic heterocycles. The monoisotopic (exact) mass is 340 g/mol. The van der Waals surface area contributed by atoms with Crippen molar-refractivity contribution < 1.29 is 17.9 Å². The van der Waals surface area contributed by atoms with E-state index in [9.17, 15) is 13.2 Å². The maximum atomic E-state index is 13.3. The second-order valence-electron chi connectivity index (χ2n) is 7.69. The summed E-state index contributed by atoms with van der Waals surface area (Å²) in [6.45, 7) is 9.93. The number of rotatable bonds is 5. The first-order valence-corrected chi connectivity index (χ1v) is 9.50. The third-order valence-corrected chi connectivity index (χ3v) is 6.10. The van der Waals surface area contributed by atoms with Gasteiger partial charge in [0.15, 0.2) is 0 Å². The predicted molar refractivity (Wildman–Crippen MR) is 88.3 cm³/mol. The van der Waals surface area contributed by atoms with Gasteiger partial charge in [0.2, 0.25) is 0 Å². The minimum Gasteiger partial charge on any atom is -0.375 e. The fourth-order valence-electron chi connectivity index (χ4n) is 3.51. The topological polar surface area (TPSA) is 9.23 Å². The van der Waals surface area contributed by atoms with Crippen LogP contribution in [-0.2, 0) is 4.74 Å². The molecule has 0 aromatic rings. The fraction of sp³-hybridized carbons (Fsp3) is 1.00. The van der Waals surface area contributed by atoms with Crippen molar-refractivity contribution in [3.05, 3.63) is 0 Å². The van der Waals surface area contributed by atoms with Crippen molar-refractivity contribution in [1.29, 1.82) is 0 Å². The average molecular weight is 340 g/mol. The molecule has 0 aliphatic heterocycles. The van der Waals surface area contributed by atoms with Crippen LogP contribution in [0, 0.1) is 17.3 Å². The van der Waals surface area contributed by atoms with E-state index in [1.807, 2.05) is 0 Å². The lowest BCUT2D eigenvalue weighted by Crippen LogP contribution is -2.42. The first-order valence-electron chi connectivity index (χ1n) is 8.21. The zero-order valence-corrected chi connectivity index (χ0v) is 15.5. The Hall–Kier alpha value is 0.100. The second kappa shape index (κ2) is 7.78. The summed E-state index contributed by atoms with van der Waals surface area (Å²) in [5.74, 6) is -0.756. The third-order valence-electron chi connectivity index (χ3n) is 5.07. The van der Waals surface area contributed by atoms with E-state index in [2.05, 4.69) is 20.8 Å². The van der Waals surface area contributed by atoms with Crippen LogP contribution in [0.4, 0.5) is 13.2 Å². The van der Waals surface area contributed by atoms with Gasteiger partial charge in [-0.25, -0.2) is 0 Å². The minimum atomic E-state index is -4.20. The molecule has 22 heavy (non-hydrogen) atoms. The van der Waals surface area contributed by atoms with Crippen molar-refractivity contribution in [3.63, 3.8) is 0 Å². The van der Waals surface area contributed by atoms with Gasteiger partial charge in [-0.15, -0.1) is 0 Å². The maximum absolute atomic E-state index is 13.3. The molecule has 1 aliphatic rings. The van der Waals surface area contributed by atoms with E-state index in [0.717, 1.165) is 25.7 Å². The highest BCUT2D eigenvalue weighted by atomic mass is 32.2. The van der Waals surface area contributed by atoms with E-state index < -0.39 is 23.4 Å². The first-order chi connectivity index (χ1) is 9.96. The standard InChI is InChI=1S/C17H31F3OS/c1-11(15(12(2)22-6)17(18,19)20)21-14-9-7-13(8-10-14)16(3,4)5/h11-15H,7-10H2,1-6H3. The van der Waals surface area contributed by atoms with E-state index in [0.29, 0.717) is 5.92 Å². The Bertz CT molecular complexity index is 330. The Balaban J connectivity index is 2.59. The number of ether oxygens (including phenoxy) is 1. The Morgan fingerprint density at radius 3 is 1.86 bits per heavy atom. The van der Waals surface area contributed by atoms with Crippen LogP contribution in [0.5, 0.6) is 0 Å². The molecule has 0 amide bonds. The zero-order chi connectivity index (χ0) is 17.1. The van der Waals surface area contributed by atoms with Crippen molar-refractivity contribution in [1.82, 2.24) is 0 Å². The molecule has 5 heteroatoms. The number of hydrogen-bond donors (Lipinski definition) is 0. The first kappa shape index (κ1) is 20.1. The van der Waals surface area contributed by atoms with Gasteiger partial charge in [0, 0.05) is 5.25 Å². The average Bonchev–Trinajstić information content (AvgIpc) is 2.36. The van der Waals surface area contributed by atoms with Crippen LogP contribution in [0.25, 0.3) is 0 Å². The lowest BCUT2D eigenvalue weighted by Gasteiger charge is -2.39. The molecule has 0 bridgehead atoms. The Kier molecular flexibility index (Phi) is 7.12. The van der Waals surface area contributed by atoms with Crippen molar-refractivity contribution in [2.75, 3.05) is 6.26 Å². The summed E-state index contributed by atoms with van der Waals surface area (Å²) in [7, 11) is 0. The van der Waals surface area contributed by atoms with Gasteiger partial charge in [-0.05, 0) is 50.2 Å². The van der Waals surface area contributed by atoms with Gasteiger partial charge in [-0.1, -0.05) is 27.7 Å². The van der Waals surface area contributed by atoms with Gasteiger partial charge >= 0.3 is 6.18 Å². The predicted octanol–water partition coefficient (Wildman–Crippen LogP) is 5.93. The summed E-state index contributed by atoms with van der Waals surface area (Å²) in [6.07, 6.45) is 0.584. The Morgan fingerprint density at radius 2 is 1.50 bits per heavy atom. The number of thioether (sulfide) groups is 1. The van der Waals surface area contributed by atoms with E-state index in [-0.39, 0.29) is 11.5 Å². The summed E-state index contributed by atoms with van der Waals surface area (Å²) < 4.78 is 45.7. The molecular weight excluding hydrogens is 309 g/mol. The van der Waals surface area contributed by atoms with E-state index >= 15 is 0 Å². The highest BCUT2D eigenvalue weighted by Gasteiger charge is 2.47. The normalized spacial score (nSPS) is 28.2. The van der Waals surface area contributed by atoms with Gasteiger partial charge in [-0.2, -0.15) is 24.9 Å². The summed E-state index contributed by atoms with van der Waals surface area (Å²) in [6, 6.07) is 0. The summed E-state index contributed by atoms with van der Waals surface area (Å²) >= 11 is 1.25. The van der Waals surface area contributed by atoms with Crippen LogP contribution < -0.4 is 0 Å². The molecule has 0 saturated heterocycles. The second-order valence-corrected chi connectivity index (χ2v) is 8.90. The third kappa shape index (κ3) is 5.63. The number of halogens is 3. The van der Waals surface area contributed by atoms with Crippen molar-refractivity contribution in [2.45, 2.75) is 83.9 Å². The molecule has 1 fully saturated rings. The van der Waals surface area contributed by atoms with Crippen LogP contribution in [0.3, 0.4) is 0 Å². The van der Waals surface area contributed by atoms with Crippen LogP contribution in [0.15, 0.2) is 0 Å². The molecule has 3 unspecified atom stereocenters. The molecule has 0 spiro atoms. The number of hydrogen-bond acceptors (Lipinski definition) is 2. The largest absolute Gasteiger partial charge is 0.395 e. The molecule has 1 rings (SSSR count). The SMILES string of the molecule is CSC(C)C(C(C)OC1CCC(C(C)(C)C)CC1)C(F)(F)F. The molecule has 1 nitrogen and oxygen atoms in total. The van der Waals surface area contributed by atoms with Crippen LogP contribution >= 0.6 is 11.8 Å². The summed E-state index contributed by atoms with van der Waals surface area (Å²) in [4.78, 5) is 0. The quantitative estimate of drug-likeness (QED) is 0.614. The molecule has 0 radical (unpaired) electrons. The van der Waals surface area contributed by atoms with E-state index in [4.69, 9.17) is 4.74 Å². The Labute approximate surface area is 137 Å². The van der Waals surface area contributed by atoms with E-state index in [1.165, 1.54) is 11.8 Å². The molecule has 0 N–H and O–H groups in total. The molecule has 132 valence electrons. The highest BCUT2D eigenvalue weighted by molar-refractivity contribution is 7.99. The molecular formula is C17H31F3OS. The van der Waals surface area contributed by atoms with Gasteiger partial charge in [0.25, 0.3) is 0 Å². The molecule has 1 aliphatic carbocycles. The molecule has 0 heterocycles. The maximum Gasteiger partial charge on any atom is 0.395 e. The van der Waals surface area contributed by atoms with Gasteiger partial charge in [0.1, 0.15) is 0 Å². The highest BCUT2D eigenvalue weighted by Crippen LogP contribution is 2.41. The number of alkyl halides is 3. The molecule has 3 atom stereocenters. The summed E-state index contributed by atoms with van der Waals surface area (Å²) in [5, 5.41) is -0.485. The molecule has 0 aromatic carbocycles. The van der Waals surface area contributed by atoms with Crippen LogP contribution in [-0.4, -0.2) is 29.9 Å². The van der Waals surface area contributed by atoms with Crippen LogP contribution in [0.2, 0.25) is 0 Å². The fourth-order valence-corrected chi connectivity index (χ4v) is 4.18. The summed E-state index contributed by atoms with van der Waals surface area (Å²) in [5.41, 5.74) is 0.276. The van der Waals surface area contributed by atoms with Gasteiger partial charge < -0.3 is 4.74 Å². The van der Waals surface area contributed by atoms with Crippen molar-refractivity contribution in [2.24, 2.45) is 17.3 Å². The van der Waals surface area contributed by atoms with Crippen molar-refractivity contribution >= 4 is 11.8 Å². The van der Waals surface area contributed by atoms with Gasteiger partial charge in [-0.3, -0.25) is 0 Å². The van der Waals surface area contributed by atoms with Gasteiger partial charge in [0.05, 0.1) is 18.1 Å². The smallest absolute Gasteiger partial charge is 0.375 e. The zero-order valence-electron chi connectivity index (χ0n) is 14.7. The van der Waals surface area contributed by atoms with E-state index in [1.54, 1.807) is 20.1 Å². The van der Waals surface area contributed by atoms with Crippen molar-refractivity contribution in [3.8, 4) is 0 Å². The van der Waals surface area contributed by atoms with Crippen LogP contribution in [0.1, 0.15) is 60.3 Å². The Morgan fingerprint density at radius 1 is 1.00 bits per heavy atom. The lowest BCUT2D eigenvalue weighted by molar-refractivity contribution is -0.211. The molecule has 1 saturated carbocycles. The lowest BCUT2D eigenvalue weighted by atomic mass is 9.72.